The third-order valence-corrected chi connectivity index (χ3v) is 4.90. The van der Waals surface area contributed by atoms with Crippen molar-refractivity contribution in [2.75, 3.05) is 0 Å². The fourth-order valence-electron chi connectivity index (χ4n) is 3.23. The predicted molar refractivity (Wildman–Crippen MR) is 121 cm³/mol. The number of amides is 1. The summed E-state index contributed by atoms with van der Waals surface area (Å²) < 4.78 is 0. The second-order valence-electron chi connectivity index (χ2n) is 7.33. The van der Waals surface area contributed by atoms with Crippen molar-refractivity contribution in [1.29, 1.82) is 0 Å². The summed E-state index contributed by atoms with van der Waals surface area (Å²) in [5.41, 5.74) is 7.72. The Bertz CT molecular complexity index is 1200. The molecule has 0 saturated carbocycles. The molecule has 2 heterocycles. The Kier molecular flexibility index (Phi) is 5.61. The predicted octanol–water partition coefficient (Wildman–Crippen LogP) is 5.18. The third kappa shape index (κ3) is 4.25. The van der Waals surface area contributed by atoms with Crippen molar-refractivity contribution < 1.29 is 4.79 Å². The minimum atomic E-state index is -0.284. The molecule has 0 aliphatic rings. The van der Waals surface area contributed by atoms with Gasteiger partial charge in [-0.2, -0.15) is 5.10 Å². The Morgan fingerprint density at radius 3 is 2.57 bits per heavy atom. The molecule has 0 atom stereocenters. The second-order valence-corrected chi connectivity index (χ2v) is 7.33. The number of rotatable bonds is 5. The fraction of sp³-hybridized carbons (Fsp3) is 0.120. The van der Waals surface area contributed by atoms with Crippen LogP contribution >= 0.6 is 0 Å². The summed E-state index contributed by atoms with van der Waals surface area (Å²) in [4.78, 5) is 21.7. The number of benzene rings is 2. The molecule has 2 aromatic heterocycles. The van der Waals surface area contributed by atoms with Gasteiger partial charge < -0.3 is 0 Å². The maximum atomic E-state index is 12.9. The summed E-state index contributed by atoms with van der Waals surface area (Å²) >= 11 is 0. The van der Waals surface area contributed by atoms with E-state index in [1.54, 1.807) is 18.6 Å². The average molecular weight is 394 g/mol. The van der Waals surface area contributed by atoms with E-state index in [9.17, 15) is 4.79 Å². The van der Waals surface area contributed by atoms with Crippen LogP contribution in [0.25, 0.3) is 22.2 Å². The quantitative estimate of drug-likeness (QED) is 0.374. The molecule has 0 unspecified atom stereocenters. The van der Waals surface area contributed by atoms with Gasteiger partial charge in [0.05, 0.1) is 23.0 Å². The highest BCUT2D eigenvalue weighted by Crippen LogP contribution is 2.26. The number of hydrogen-bond acceptors (Lipinski definition) is 4. The van der Waals surface area contributed by atoms with E-state index in [1.165, 1.54) is 5.56 Å². The van der Waals surface area contributed by atoms with E-state index >= 15 is 0 Å². The molecule has 2 aromatic carbocycles. The van der Waals surface area contributed by atoms with Crippen LogP contribution in [0.4, 0.5) is 0 Å². The van der Waals surface area contributed by atoms with Crippen molar-refractivity contribution in [3.8, 4) is 11.3 Å². The zero-order valence-electron chi connectivity index (χ0n) is 16.9. The van der Waals surface area contributed by atoms with Crippen molar-refractivity contribution in [2.24, 2.45) is 5.10 Å². The van der Waals surface area contributed by atoms with Gasteiger partial charge in [0.25, 0.3) is 5.91 Å². The van der Waals surface area contributed by atoms with Gasteiger partial charge in [-0.25, -0.2) is 10.4 Å². The van der Waals surface area contributed by atoms with E-state index in [0.29, 0.717) is 11.5 Å². The molecule has 0 aliphatic carbocycles. The fourth-order valence-corrected chi connectivity index (χ4v) is 3.23. The Morgan fingerprint density at radius 1 is 1.03 bits per heavy atom. The summed E-state index contributed by atoms with van der Waals surface area (Å²) in [6.07, 6.45) is 4.94. The molecule has 5 heteroatoms. The molecule has 0 aliphatic heterocycles. The Morgan fingerprint density at radius 2 is 1.83 bits per heavy atom. The minimum Gasteiger partial charge on any atom is -0.267 e. The number of hydrazone groups is 1. The molecular formula is C25H22N4O. The van der Waals surface area contributed by atoms with E-state index in [4.69, 9.17) is 4.98 Å². The summed E-state index contributed by atoms with van der Waals surface area (Å²) in [6, 6.07) is 21.4. The van der Waals surface area contributed by atoms with E-state index in [1.807, 2.05) is 42.5 Å². The number of carbonyl (C=O) groups excluding carboxylic acids is 1. The highest BCUT2D eigenvalue weighted by atomic mass is 16.2. The summed E-state index contributed by atoms with van der Waals surface area (Å²) in [6.45, 7) is 4.33. The second kappa shape index (κ2) is 8.66. The van der Waals surface area contributed by atoms with Crippen molar-refractivity contribution in [1.82, 2.24) is 15.4 Å². The number of nitrogens with one attached hydrogen (secondary N) is 1. The topological polar surface area (TPSA) is 67.2 Å². The van der Waals surface area contributed by atoms with Gasteiger partial charge >= 0.3 is 0 Å². The SMILES string of the molecule is CC(C)c1ccc(-c2cc(C(=O)NN=Cc3cccnc3)c3ccccc3n2)cc1. The lowest BCUT2D eigenvalue weighted by molar-refractivity contribution is 0.0956. The monoisotopic (exact) mass is 394 g/mol. The normalized spacial score (nSPS) is 11.3. The first-order valence-electron chi connectivity index (χ1n) is 9.85. The molecule has 5 nitrogen and oxygen atoms in total. The number of hydrogen-bond donors (Lipinski definition) is 1. The molecule has 0 bridgehead atoms. The molecule has 1 N–H and O–H groups in total. The Balaban J connectivity index is 1.68. The molecular weight excluding hydrogens is 372 g/mol. The summed E-state index contributed by atoms with van der Waals surface area (Å²) in [5.74, 6) is 0.177. The number of pyridine rings is 2. The first-order chi connectivity index (χ1) is 14.6. The van der Waals surface area contributed by atoms with Crippen LogP contribution in [0.15, 0.2) is 84.2 Å². The first-order valence-corrected chi connectivity index (χ1v) is 9.85. The van der Waals surface area contributed by atoms with Crippen LogP contribution in [0.5, 0.6) is 0 Å². The lowest BCUT2D eigenvalue weighted by Gasteiger charge is -2.10. The van der Waals surface area contributed by atoms with E-state index < -0.39 is 0 Å². The van der Waals surface area contributed by atoms with Crippen LogP contribution in [-0.4, -0.2) is 22.1 Å². The number of carbonyl (C=O) groups is 1. The number of fused-ring (bicyclic) bond motifs is 1. The molecule has 4 rings (SSSR count). The van der Waals surface area contributed by atoms with Gasteiger partial charge in [0.1, 0.15) is 0 Å². The molecule has 0 saturated heterocycles. The number of aromatic nitrogens is 2. The van der Waals surface area contributed by atoms with Gasteiger partial charge in [-0.1, -0.05) is 62.4 Å². The first kappa shape index (κ1) is 19.5. The molecule has 0 radical (unpaired) electrons. The van der Waals surface area contributed by atoms with Gasteiger partial charge in [0, 0.05) is 28.9 Å². The van der Waals surface area contributed by atoms with Gasteiger partial charge in [0.15, 0.2) is 0 Å². The molecule has 1 amide bonds. The maximum Gasteiger partial charge on any atom is 0.272 e. The van der Waals surface area contributed by atoms with Crippen LogP contribution in [0.1, 0.15) is 41.3 Å². The van der Waals surface area contributed by atoms with Crippen molar-refractivity contribution >= 4 is 23.0 Å². The lowest BCUT2D eigenvalue weighted by atomic mass is 9.99. The van der Waals surface area contributed by atoms with Crippen molar-refractivity contribution in [3.63, 3.8) is 0 Å². The largest absolute Gasteiger partial charge is 0.272 e. The maximum absolute atomic E-state index is 12.9. The zero-order valence-corrected chi connectivity index (χ0v) is 16.9. The van der Waals surface area contributed by atoms with E-state index in [2.05, 4.69) is 53.6 Å². The van der Waals surface area contributed by atoms with Gasteiger partial charge in [-0.15, -0.1) is 0 Å². The van der Waals surface area contributed by atoms with Crippen LogP contribution in [-0.2, 0) is 0 Å². The summed E-state index contributed by atoms with van der Waals surface area (Å²) in [5, 5.41) is 4.86. The molecule has 4 aromatic rings. The molecule has 30 heavy (non-hydrogen) atoms. The molecule has 0 fully saturated rings. The minimum absolute atomic E-state index is 0.284. The van der Waals surface area contributed by atoms with Crippen molar-refractivity contribution in [2.45, 2.75) is 19.8 Å². The molecule has 0 spiro atoms. The van der Waals surface area contributed by atoms with Crippen LogP contribution in [0.2, 0.25) is 0 Å². The Labute approximate surface area is 175 Å². The molecule has 148 valence electrons. The van der Waals surface area contributed by atoms with E-state index in [-0.39, 0.29) is 5.91 Å². The van der Waals surface area contributed by atoms with Gasteiger partial charge in [-0.3, -0.25) is 9.78 Å². The highest BCUT2D eigenvalue weighted by molar-refractivity contribution is 6.07. The third-order valence-electron chi connectivity index (χ3n) is 4.90. The number of nitrogens with zero attached hydrogens (tertiary/aromatic N) is 3. The Hall–Kier alpha value is -3.86. The van der Waals surface area contributed by atoms with Crippen LogP contribution < -0.4 is 5.43 Å². The standard InChI is InChI=1S/C25H22N4O/c1-17(2)19-9-11-20(12-10-19)24-14-22(21-7-3-4-8-23(21)28-24)25(30)29-27-16-18-6-5-13-26-15-18/h3-17H,1-2H3,(H,29,30). The van der Waals surface area contributed by atoms with E-state index in [0.717, 1.165) is 27.7 Å². The van der Waals surface area contributed by atoms with Gasteiger partial charge in [0.2, 0.25) is 0 Å². The smallest absolute Gasteiger partial charge is 0.267 e. The van der Waals surface area contributed by atoms with Gasteiger partial charge in [-0.05, 0) is 29.7 Å². The van der Waals surface area contributed by atoms with Crippen molar-refractivity contribution in [3.05, 3.63) is 95.8 Å². The lowest BCUT2D eigenvalue weighted by Crippen LogP contribution is -2.18. The highest BCUT2D eigenvalue weighted by Gasteiger charge is 2.13. The summed E-state index contributed by atoms with van der Waals surface area (Å²) in [7, 11) is 0. The number of para-hydroxylation sites is 1. The zero-order chi connectivity index (χ0) is 20.9. The van der Waals surface area contributed by atoms with Crippen LogP contribution in [0.3, 0.4) is 0 Å². The van der Waals surface area contributed by atoms with Crippen LogP contribution in [0, 0.1) is 0 Å². The average Bonchev–Trinajstić information content (AvgIpc) is 2.79.